The molecule has 1 aromatic carbocycles. The maximum absolute atomic E-state index is 12.6. The SMILES string of the molecule is CNC(=O)CCNC(=O)Cc1ccc(C[N-]C(=O)COCCNC(=O)CN2C(=O)CC(SCC(=O)NCCCCCC(C)=O)C2=O)cc1.[Rb+]. The van der Waals surface area contributed by atoms with Gasteiger partial charge in [-0.2, -0.15) is 0 Å². The van der Waals surface area contributed by atoms with E-state index in [1.165, 1.54) is 7.05 Å². The van der Waals surface area contributed by atoms with E-state index in [0.717, 1.165) is 47.1 Å². The number of Topliss-reactive ketones (excluding diaryl/α,β-unsaturated/α-hetero) is 1. The Kier molecular flexibility index (Phi) is 23.1. The van der Waals surface area contributed by atoms with Gasteiger partial charge in [0, 0.05) is 45.9 Å². The summed E-state index contributed by atoms with van der Waals surface area (Å²) in [6, 6.07) is 7.05. The number of hydrogen-bond acceptors (Lipinski definition) is 10. The second-order valence-electron chi connectivity index (χ2n) is 11.1. The molecule has 1 aliphatic heterocycles. The first kappa shape index (κ1) is 44.5. The molecule has 0 spiro atoms. The van der Waals surface area contributed by atoms with E-state index in [1.54, 1.807) is 31.2 Å². The fourth-order valence-corrected chi connectivity index (χ4v) is 5.36. The van der Waals surface area contributed by atoms with Crippen LogP contribution in [0.3, 0.4) is 0 Å². The van der Waals surface area contributed by atoms with Gasteiger partial charge in [0.25, 0.3) is 0 Å². The molecule has 0 radical (unpaired) electrons. The Morgan fingerprint density at radius 2 is 1.53 bits per heavy atom. The largest absolute Gasteiger partial charge is 1.00 e. The quantitative estimate of drug-likeness (QED) is 0.0661. The van der Waals surface area contributed by atoms with Crippen molar-refractivity contribution in [3.63, 3.8) is 0 Å². The van der Waals surface area contributed by atoms with Gasteiger partial charge in [-0.25, -0.2) is 0 Å². The number of thioether (sulfide) groups is 1. The van der Waals surface area contributed by atoms with E-state index in [-0.39, 0.29) is 140 Å². The Morgan fingerprint density at radius 3 is 2.22 bits per heavy atom. The molecule has 1 aromatic rings. The molecular weight excluding hydrogens is 730 g/mol. The summed E-state index contributed by atoms with van der Waals surface area (Å²) in [5.41, 5.74) is 1.54. The van der Waals surface area contributed by atoms with Crippen LogP contribution in [0.4, 0.5) is 0 Å². The van der Waals surface area contributed by atoms with Crippen LogP contribution in [0, 0.1) is 0 Å². The molecule has 1 atom stereocenters. The number of ether oxygens (including phenoxy) is 1. The number of imide groups is 1. The van der Waals surface area contributed by atoms with Crippen molar-refractivity contribution in [2.24, 2.45) is 0 Å². The third kappa shape index (κ3) is 19.5. The molecule has 7 amide bonds. The topological polar surface area (TPSA) is 211 Å². The molecule has 49 heavy (non-hydrogen) atoms. The summed E-state index contributed by atoms with van der Waals surface area (Å²) in [7, 11) is 1.53. The van der Waals surface area contributed by atoms with Crippen LogP contribution in [0.15, 0.2) is 24.3 Å². The van der Waals surface area contributed by atoms with Crippen LogP contribution in [0.25, 0.3) is 5.32 Å². The van der Waals surface area contributed by atoms with Gasteiger partial charge >= 0.3 is 58.2 Å². The van der Waals surface area contributed by atoms with Crippen LogP contribution >= 0.6 is 11.8 Å². The van der Waals surface area contributed by atoms with Gasteiger partial charge in [-0.15, -0.1) is 18.3 Å². The molecule has 0 aromatic heterocycles. The molecule has 1 fully saturated rings. The normalized spacial score (nSPS) is 13.7. The molecule has 0 bridgehead atoms. The van der Waals surface area contributed by atoms with E-state index in [1.807, 2.05) is 0 Å². The summed E-state index contributed by atoms with van der Waals surface area (Å²) in [5, 5.41) is 13.7. The number of carbonyl (C=O) groups is 8. The molecule has 1 unspecified atom stereocenters. The van der Waals surface area contributed by atoms with Crippen molar-refractivity contribution in [3.8, 4) is 0 Å². The van der Waals surface area contributed by atoms with Crippen molar-refractivity contribution >= 4 is 58.9 Å². The minimum Gasteiger partial charge on any atom is -0.648 e. The number of nitrogens with one attached hydrogen (secondary N) is 4. The minimum absolute atomic E-state index is 0. The van der Waals surface area contributed by atoms with E-state index < -0.39 is 35.4 Å². The van der Waals surface area contributed by atoms with Crippen molar-refractivity contribution < 1.29 is 101 Å². The van der Waals surface area contributed by atoms with Gasteiger partial charge in [0.2, 0.25) is 35.4 Å². The molecule has 1 aliphatic rings. The van der Waals surface area contributed by atoms with Crippen molar-refractivity contribution in [1.82, 2.24) is 26.2 Å². The summed E-state index contributed by atoms with van der Waals surface area (Å²) in [6.45, 7) is 1.72. The molecule has 264 valence electrons. The standard InChI is InChI=1S/C32H46N6O9S.Rb/c1-22(39)6-4-3-5-12-34-30(44)21-48-25-17-31(45)38(32(25)46)19-28(42)36-14-15-47-20-29(43)37-18-24-9-7-23(8-10-24)16-27(41)35-13-11-26(40)33-2;/h7-10,25H,3-6,11-21H2,1-2H3,(H5,33,34,35,36,37,40,41,42,43,44);/q;+1/p-1. The number of benzene rings is 1. The van der Waals surface area contributed by atoms with Crippen LogP contribution in [0.5, 0.6) is 0 Å². The third-order valence-electron chi connectivity index (χ3n) is 7.02. The molecule has 4 N–H and O–H groups in total. The molecular formula is C32H45N6O9RbS. The van der Waals surface area contributed by atoms with E-state index >= 15 is 0 Å². The van der Waals surface area contributed by atoms with Crippen LogP contribution in [-0.2, 0) is 56.1 Å². The van der Waals surface area contributed by atoms with Gasteiger partial charge in [0.15, 0.2) is 0 Å². The maximum Gasteiger partial charge on any atom is 1.00 e. The van der Waals surface area contributed by atoms with Crippen LogP contribution < -0.4 is 79.5 Å². The number of nitrogens with zero attached hydrogens (tertiary/aromatic N) is 2. The zero-order valence-corrected chi connectivity index (χ0v) is 34.2. The van der Waals surface area contributed by atoms with Gasteiger partial charge in [-0.05, 0) is 25.3 Å². The van der Waals surface area contributed by atoms with Gasteiger partial charge in [0.05, 0.1) is 36.5 Å². The second kappa shape index (κ2) is 25.4. The number of likely N-dealkylation sites (tertiary alicyclic amines) is 1. The number of unbranched alkanes of at least 4 members (excludes halogenated alkanes) is 2. The Labute approximate surface area is 339 Å². The van der Waals surface area contributed by atoms with Gasteiger partial charge < -0.3 is 40.9 Å². The van der Waals surface area contributed by atoms with Crippen molar-refractivity contribution in [3.05, 3.63) is 40.7 Å². The fourth-order valence-electron chi connectivity index (χ4n) is 4.38. The summed E-state index contributed by atoms with van der Waals surface area (Å²) in [4.78, 5) is 96.4. The van der Waals surface area contributed by atoms with Gasteiger partial charge in [-0.3, -0.25) is 33.7 Å². The summed E-state index contributed by atoms with van der Waals surface area (Å²) >= 11 is 1.06. The smallest absolute Gasteiger partial charge is 0.648 e. The fraction of sp³-hybridized carbons (Fsp3) is 0.562. The Hall–Kier alpha value is -2.50. The maximum atomic E-state index is 12.6. The average Bonchev–Trinajstić information content (AvgIpc) is 3.31. The van der Waals surface area contributed by atoms with E-state index in [0.29, 0.717) is 13.0 Å². The monoisotopic (exact) mass is 774 g/mol. The number of hydrogen-bond donors (Lipinski definition) is 4. The number of carbonyl (C=O) groups excluding carboxylic acids is 8. The van der Waals surface area contributed by atoms with E-state index in [4.69, 9.17) is 4.74 Å². The average molecular weight is 775 g/mol. The first-order valence-corrected chi connectivity index (χ1v) is 16.8. The zero-order valence-electron chi connectivity index (χ0n) is 28.5. The second-order valence-corrected chi connectivity index (χ2v) is 12.3. The Balaban J connectivity index is 0.0000120. The predicted octanol–water partition coefficient (Wildman–Crippen LogP) is -2.86. The first-order valence-electron chi connectivity index (χ1n) is 15.8. The minimum atomic E-state index is -0.735. The predicted molar refractivity (Wildman–Crippen MR) is 177 cm³/mol. The molecule has 0 saturated carbocycles. The molecule has 2 rings (SSSR count). The number of amides is 7. The zero-order chi connectivity index (χ0) is 35.3. The van der Waals surface area contributed by atoms with Crippen LogP contribution in [0.1, 0.15) is 56.6 Å². The van der Waals surface area contributed by atoms with Gasteiger partial charge in [0.1, 0.15) is 12.3 Å². The molecule has 15 nitrogen and oxygen atoms in total. The van der Waals surface area contributed by atoms with E-state index in [9.17, 15) is 38.4 Å². The van der Waals surface area contributed by atoms with Crippen LogP contribution in [0.2, 0.25) is 0 Å². The molecule has 1 heterocycles. The summed E-state index contributed by atoms with van der Waals surface area (Å²) in [6.07, 6.45) is 3.14. The van der Waals surface area contributed by atoms with Crippen molar-refractivity contribution in [2.75, 3.05) is 52.2 Å². The van der Waals surface area contributed by atoms with Gasteiger partial charge in [-0.1, -0.05) is 36.2 Å². The van der Waals surface area contributed by atoms with Crippen molar-refractivity contribution in [2.45, 2.75) is 63.7 Å². The first-order chi connectivity index (χ1) is 23.0. The van der Waals surface area contributed by atoms with Crippen molar-refractivity contribution in [1.29, 1.82) is 0 Å². The van der Waals surface area contributed by atoms with E-state index in [2.05, 4.69) is 26.6 Å². The number of rotatable bonds is 23. The molecule has 17 heteroatoms. The summed E-state index contributed by atoms with van der Waals surface area (Å²) < 4.78 is 5.26. The van der Waals surface area contributed by atoms with Crippen LogP contribution in [-0.4, -0.2) is 109 Å². The Bertz CT molecular complexity index is 1300. The number of ketones is 1. The Morgan fingerprint density at radius 1 is 0.857 bits per heavy atom. The summed E-state index contributed by atoms with van der Waals surface area (Å²) in [5.74, 6) is -2.52. The molecule has 1 saturated heterocycles. The molecule has 0 aliphatic carbocycles. The third-order valence-corrected chi connectivity index (χ3v) is 8.22.